The smallest absolute Gasteiger partial charge is 0.208 e. The molecule has 0 saturated carbocycles. The third kappa shape index (κ3) is 2.98. The van der Waals surface area contributed by atoms with Gasteiger partial charge in [-0.05, 0) is 0 Å². The molecule has 1 aliphatic heterocycles. The van der Waals surface area contributed by atoms with Crippen molar-refractivity contribution in [2.75, 3.05) is 0 Å². The SMILES string of the molecule is OC1=CC(Cl)=NN(Cl)N1.[Na]. The van der Waals surface area contributed by atoms with Crippen LogP contribution in [-0.4, -0.2) is 44.5 Å². The number of hydrogen-bond acceptors (Lipinski definition) is 4. The molecule has 0 spiro atoms. The van der Waals surface area contributed by atoms with Crippen LogP contribution < -0.4 is 5.43 Å². The monoisotopic (exact) mass is 190 g/mol. The largest absolute Gasteiger partial charge is 0.494 e. The Morgan fingerprint density at radius 3 is 2.70 bits per heavy atom. The normalized spacial score (nSPS) is 16.4. The number of allylic oxidation sites excluding steroid dienone is 1. The van der Waals surface area contributed by atoms with Gasteiger partial charge >= 0.3 is 0 Å². The van der Waals surface area contributed by atoms with Crippen LogP contribution in [0, 0.1) is 0 Å². The molecular weight excluding hydrogens is 188 g/mol. The Bertz CT molecular complexity index is 183. The second kappa shape index (κ2) is 4.31. The van der Waals surface area contributed by atoms with Gasteiger partial charge in [0.25, 0.3) is 0 Å². The predicted octanol–water partition coefficient (Wildman–Crippen LogP) is 0.531. The fourth-order valence-electron chi connectivity index (χ4n) is 0.377. The minimum Gasteiger partial charge on any atom is -0.494 e. The maximum absolute atomic E-state index is 8.71. The fraction of sp³-hybridized carbons (Fsp3) is 0. The summed E-state index contributed by atoms with van der Waals surface area (Å²) in [7, 11) is 0. The van der Waals surface area contributed by atoms with Crippen molar-refractivity contribution < 1.29 is 5.11 Å². The van der Waals surface area contributed by atoms with Crippen molar-refractivity contribution in [1.29, 1.82) is 0 Å². The number of hydrazine groups is 1. The van der Waals surface area contributed by atoms with Crippen molar-refractivity contribution in [3.8, 4) is 0 Å². The van der Waals surface area contributed by atoms with Crippen molar-refractivity contribution in [3.63, 3.8) is 0 Å². The first-order chi connectivity index (χ1) is 4.18. The molecule has 0 unspecified atom stereocenters. The fourth-order valence-corrected chi connectivity index (χ4v) is 0.763. The molecule has 1 rings (SSSR count). The summed E-state index contributed by atoms with van der Waals surface area (Å²) in [5, 5.41) is 12.3. The standard InChI is InChI=1S/C3H3Cl2N3O.Na/c4-2-1-3(9)7-8(5)6-2;/h1,7,9H;. The Labute approximate surface area is 89.8 Å². The van der Waals surface area contributed by atoms with E-state index in [1.54, 1.807) is 0 Å². The molecule has 0 amide bonds. The van der Waals surface area contributed by atoms with Crippen molar-refractivity contribution >= 4 is 58.1 Å². The quantitative estimate of drug-likeness (QED) is 0.433. The van der Waals surface area contributed by atoms with Crippen molar-refractivity contribution in [3.05, 3.63) is 12.0 Å². The zero-order valence-electron chi connectivity index (χ0n) is 5.17. The summed E-state index contributed by atoms with van der Waals surface area (Å²) in [4.78, 5) is 0. The summed E-state index contributed by atoms with van der Waals surface area (Å²) >= 11 is 10.6. The first-order valence-corrected chi connectivity index (χ1v) is 2.77. The zero-order chi connectivity index (χ0) is 6.85. The van der Waals surface area contributed by atoms with Crippen LogP contribution in [0.15, 0.2) is 17.1 Å². The third-order valence-corrected chi connectivity index (χ3v) is 0.991. The molecule has 1 radical (unpaired) electrons. The van der Waals surface area contributed by atoms with E-state index in [2.05, 4.69) is 10.5 Å². The molecular formula is C3H3Cl2N3NaO. The molecule has 51 valence electrons. The van der Waals surface area contributed by atoms with Crippen molar-refractivity contribution in [2.45, 2.75) is 0 Å². The Kier molecular flexibility index (Phi) is 4.47. The molecule has 4 nitrogen and oxygen atoms in total. The molecule has 0 aromatic rings. The van der Waals surface area contributed by atoms with E-state index >= 15 is 0 Å². The van der Waals surface area contributed by atoms with Gasteiger partial charge in [0.15, 0.2) is 5.17 Å². The first kappa shape index (κ1) is 10.4. The van der Waals surface area contributed by atoms with Crippen molar-refractivity contribution in [1.82, 2.24) is 10.1 Å². The molecule has 0 atom stereocenters. The number of hydrogen-bond donors (Lipinski definition) is 2. The average molecular weight is 191 g/mol. The van der Waals surface area contributed by atoms with Gasteiger partial charge in [0.05, 0.1) is 11.8 Å². The molecule has 0 bridgehead atoms. The van der Waals surface area contributed by atoms with Gasteiger partial charge < -0.3 is 5.11 Å². The number of nitrogens with zero attached hydrogens (tertiary/aromatic N) is 2. The minimum atomic E-state index is -0.134. The van der Waals surface area contributed by atoms with E-state index in [9.17, 15) is 0 Å². The second-order valence-electron chi connectivity index (χ2n) is 1.32. The van der Waals surface area contributed by atoms with E-state index in [1.807, 2.05) is 0 Å². The van der Waals surface area contributed by atoms with Crippen LogP contribution in [0.5, 0.6) is 0 Å². The van der Waals surface area contributed by atoms with Gasteiger partial charge in [-0.3, -0.25) is 0 Å². The number of hydrazone groups is 1. The number of aliphatic hydroxyl groups is 1. The van der Waals surface area contributed by atoms with Crippen LogP contribution in [0.3, 0.4) is 0 Å². The number of nitrogens with one attached hydrogen (secondary N) is 1. The van der Waals surface area contributed by atoms with Gasteiger partial charge in [-0.25, -0.2) is 5.43 Å². The van der Waals surface area contributed by atoms with E-state index in [0.29, 0.717) is 0 Å². The first-order valence-electron chi connectivity index (χ1n) is 2.06. The zero-order valence-corrected chi connectivity index (χ0v) is 8.69. The number of halogens is 2. The van der Waals surface area contributed by atoms with Gasteiger partial charge in [-0.2, -0.15) is 0 Å². The van der Waals surface area contributed by atoms with E-state index in [-0.39, 0.29) is 40.6 Å². The van der Waals surface area contributed by atoms with Gasteiger partial charge in [-0.15, -0.1) is 9.74 Å². The van der Waals surface area contributed by atoms with Gasteiger partial charge in [0, 0.05) is 35.6 Å². The van der Waals surface area contributed by atoms with E-state index in [1.165, 1.54) is 6.08 Å². The van der Waals surface area contributed by atoms with Crippen LogP contribution in [0.1, 0.15) is 0 Å². The van der Waals surface area contributed by atoms with E-state index < -0.39 is 0 Å². The van der Waals surface area contributed by atoms with Crippen molar-refractivity contribution in [2.24, 2.45) is 5.10 Å². The Hall–Kier alpha value is 0.390. The third-order valence-electron chi connectivity index (χ3n) is 0.646. The van der Waals surface area contributed by atoms with Gasteiger partial charge in [-0.1, -0.05) is 11.6 Å². The van der Waals surface area contributed by atoms with Gasteiger partial charge in [0.2, 0.25) is 5.88 Å². The maximum atomic E-state index is 8.71. The average Bonchev–Trinajstić information content (AvgIpc) is 1.59. The predicted molar refractivity (Wildman–Crippen MR) is 40.6 cm³/mol. The molecule has 1 heterocycles. The summed E-state index contributed by atoms with van der Waals surface area (Å²) in [5.74, 6) is -0.134. The van der Waals surface area contributed by atoms with E-state index in [0.717, 1.165) is 4.64 Å². The molecule has 0 aliphatic carbocycles. The molecule has 0 aromatic carbocycles. The summed E-state index contributed by atoms with van der Waals surface area (Å²) in [6.45, 7) is 0. The summed E-state index contributed by atoms with van der Waals surface area (Å²) in [6.07, 6.45) is 1.24. The summed E-state index contributed by atoms with van der Waals surface area (Å²) in [5.41, 5.74) is 2.25. The Morgan fingerprint density at radius 1 is 1.70 bits per heavy atom. The summed E-state index contributed by atoms with van der Waals surface area (Å²) in [6, 6.07) is 0. The molecule has 7 heteroatoms. The summed E-state index contributed by atoms with van der Waals surface area (Å²) < 4.78 is 0.789. The molecule has 0 aromatic heterocycles. The number of aliphatic hydroxyl groups excluding tert-OH is 1. The Balaban J connectivity index is 0.000000810. The maximum Gasteiger partial charge on any atom is 0.208 e. The second-order valence-corrected chi connectivity index (χ2v) is 2.03. The molecule has 0 saturated heterocycles. The van der Waals surface area contributed by atoms with Crippen LogP contribution in [-0.2, 0) is 0 Å². The molecule has 2 N–H and O–H groups in total. The molecule has 0 fully saturated rings. The number of rotatable bonds is 0. The molecule has 10 heavy (non-hydrogen) atoms. The van der Waals surface area contributed by atoms with E-state index in [4.69, 9.17) is 28.5 Å². The van der Waals surface area contributed by atoms with Crippen LogP contribution in [0.2, 0.25) is 0 Å². The van der Waals surface area contributed by atoms with Crippen LogP contribution >= 0.6 is 23.4 Å². The minimum absolute atomic E-state index is 0. The Morgan fingerprint density at radius 2 is 2.30 bits per heavy atom. The topological polar surface area (TPSA) is 47.9 Å². The van der Waals surface area contributed by atoms with Crippen LogP contribution in [0.4, 0.5) is 0 Å². The molecule has 1 aliphatic rings. The van der Waals surface area contributed by atoms with Gasteiger partial charge in [0.1, 0.15) is 0 Å². The van der Waals surface area contributed by atoms with Crippen LogP contribution in [0.25, 0.3) is 0 Å².